The van der Waals surface area contributed by atoms with E-state index in [4.69, 9.17) is 4.74 Å². The normalized spacial score (nSPS) is 17.2. The fourth-order valence-electron chi connectivity index (χ4n) is 2.28. The van der Waals surface area contributed by atoms with Crippen LogP contribution in [0, 0.1) is 0 Å². The van der Waals surface area contributed by atoms with Gasteiger partial charge in [-0.15, -0.1) is 0 Å². The van der Waals surface area contributed by atoms with Gasteiger partial charge < -0.3 is 20.7 Å². The molecule has 1 aliphatic rings. The summed E-state index contributed by atoms with van der Waals surface area (Å²) in [5.41, 5.74) is 0.614. The average Bonchev–Trinajstić information content (AvgIpc) is 2.56. The maximum absolute atomic E-state index is 12.2. The minimum absolute atomic E-state index is 0.183. The van der Waals surface area contributed by atoms with Crippen LogP contribution in [0.25, 0.3) is 0 Å². The molecule has 0 saturated carbocycles. The van der Waals surface area contributed by atoms with Crippen molar-refractivity contribution >= 4 is 17.5 Å². The summed E-state index contributed by atoms with van der Waals surface area (Å²) in [4.78, 5) is 23.5. The third-order valence-electron chi connectivity index (χ3n) is 3.37. The van der Waals surface area contributed by atoms with Gasteiger partial charge in [0.15, 0.2) is 0 Å². The number of rotatable bonds is 4. The summed E-state index contributed by atoms with van der Waals surface area (Å²) in [7, 11) is 0. The first kappa shape index (κ1) is 15.1. The van der Waals surface area contributed by atoms with Crippen LogP contribution < -0.4 is 20.7 Å². The number of para-hydroxylation sites is 1. The fraction of sp³-hybridized carbons (Fsp3) is 0.176. The third-order valence-corrected chi connectivity index (χ3v) is 3.37. The maximum Gasteiger partial charge on any atom is 0.248 e. The lowest BCUT2D eigenvalue weighted by Gasteiger charge is -2.23. The van der Waals surface area contributed by atoms with Crippen molar-refractivity contribution in [2.75, 3.05) is 18.4 Å². The van der Waals surface area contributed by atoms with E-state index >= 15 is 0 Å². The summed E-state index contributed by atoms with van der Waals surface area (Å²) in [6.45, 7) is 0.655. The van der Waals surface area contributed by atoms with Crippen molar-refractivity contribution in [3.63, 3.8) is 0 Å². The van der Waals surface area contributed by atoms with E-state index in [1.165, 1.54) is 0 Å². The van der Waals surface area contributed by atoms with Gasteiger partial charge in [-0.1, -0.05) is 24.3 Å². The average molecular weight is 311 g/mol. The minimum atomic E-state index is -0.574. The van der Waals surface area contributed by atoms with E-state index in [0.717, 1.165) is 5.75 Å². The molecule has 0 unspecified atom stereocenters. The van der Waals surface area contributed by atoms with Crippen LogP contribution in [0.3, 0.4) is 0 Å². The first-order valence-electron chi connectivity index (χ1n) is 7.34. The molecule has 6 heteroatoms. The number of benzene rings is 2. The summed E-state index contributed by atoms with van der Waals surface area (Å²) in [6.07, 6.45) is 0. The van der Waals surface area contributed by atoms with Gasteiger partial charge in [0.25, 0.3) is 0 Å². The second-order valence-electron chi connectivity index (χ2n) is 5.18. The van der Waals surface area contributed by atoms with Gasteiger partial charge >= 0.3 is 0 Å². The highest BCUT2D eigenvalue weighted by Gasteiger charge is 2.24. The van der Waals surface area contributed by atoms with Crippen LogP contribution in [0.1, 0.15) is 0 Å². The van der Waals surface area contributed by atoms with Crippen molar-refractivity contribution in [2.45, 2.75) is 6.04 Å². The molecule has 2 aromatic rings. The number of nitrogens with one attached hydrogen (secondary N) is 3. The quantitative estimate of drug-likeness (QED) is 0.799. The molecular weight excluding hydrogens is 294 g/mol. The Hall–Kier alpha value is -2.86. The number of carbonyl (C=O) groups is 2. The second kappa shape index (κ2) is 6.93. The van der Waals surface area contributed by atoms with Gasteiger partial charge in [-0.05, 0) is 24.3 Å². The highest BCUT2D eigenvalue weighted by atomic mass is 16.5. The largest absolute Gasteiger partial charge is 0.457 e. The zero-order valence-corrected chi connectivity index (χ0v) is 12.4. The molecule has 3 rings (SSSR count). The number of carbonyl (C=O) groups excluding carboxylic acids is 2. The van der Waals surface area contributed by atoms with Crippen LogP contribution in [0.2, 0.25) is 0 Å². The predicted molar refractivity (Wildman–Crippen MR) is 86.4 cm³/mol. The third kappa shape index (κ3) is 4.08. The van der Waals surface area contributed by atoms with E-state index in [1.807, 2.05) is 36.4 Å². The first-order chi connectivity index (χ1) is 11.2. The molecule has 2 amide bonds. The minimum Gasteiger partial charge on any atom is -0.457 e. The van der Waals surface area contributed by atoms with E-state index in [2.05, 4.69) is 16.0 Å². The van der Waals surface area contributed by atoms with Crippen molar-refractivity contribution in [2.24, 2.45) is 0 Å². The van der Waals surface area contributed by atoms with Crippen molar-refractivity contribution in [3.8, 4) is 11.5 Å². The predicted octanol–water partition coefficient (Wildman–Crippen LogP) is 1.51. The molecule has 6 nitrogen and oxygen atoms in total. The lowest BCUT2D eigenvalue weighted by Crippen LogP contribution is -2.57. The molecule has 0 bridgehead atoms. The van der Waals surface area contributed by atoms with Crippen molar-refractivity contribution < 1.29 is 14.3 Å². The van der Waals surface area contributed by atoms with Crippen molar-refractivity contribution in [3.05, 3.63) is 54.6 Å². The van der Waals surface area contributed by atoms with Crippen LogP contribution in [0.4, 0.5) is 5.69 Å². The Labute approximate surface area is 133 Å². The van der Waals surface area contributed by atoms with Crippen molar-refractivity contribution in [1.29, 1.82) is 0 Å². The number of ether oxygens (including phenoxy) is 1. The van der Waals surface area contributed by atoms with Crippen molar-refractivity contribution in [1.82, 2.24) is 10.6 Å². The summed E-state index contributed by atoms with van der Waals surface area (Å²) >= 11 is 0. The molecule has 0 spiro atoms. The van der Waals surface area contributed by atoms with Crippen LogP contribution in [-0.2, 0) is 9.59 Å². The van der Waals surface area contributed by atoms with Gasteiger partial charge in [-0.2, -0.15) is 0 Å². The molecule has 0 aromatic heterocycles. The summed E-state index contributed by atoms with van der Waals surface area (Å²) in [5, 5.41) is 8.33. The van der Waals surface area contributed by atoms with Crippen LogP contribution in [0.5, 0.6) is 11.5 Å². The Kier molecular flexibility index (Phi) is 4.54. The highest BCUT2D eigenvalue weighted by Crippen LogP contribution is 2.23. The Morgan fingerprint density at radius 2 is 1.87 bits per heavy atom. The van der Waals surface area contributed by atoms with E-state index in [-0.39, 0.29) is 18.4 Å². The summed E-state index contributed by atoms with van der Waals surface area (Å²) in [5.74, 6) is 0.902. The summed E-state index contributed by atoms with van der Waals surface area (Å²) < 4.78 is 5.73. The van der Waals surface area contributed by atoms with E-state index < -0.39 is 6.04 Å². The van der Waals surface area contributed by atoms with E-state index in [1.54, 1.807) is 18.2 Å². The summed E-state index contributed by atoms with van der Waals surface area (Å²) in [6, 6.07) is 15.9. The molecule has 0 aliphatic carbocycles. The van der Waals surface area contributed by atoms with E-state index in [9.17, 15) is 9.59 Å². The topological polar surface area (TPSA) is 79.5 Å². The molecule has 0 radical (unpaired) electrons. The number of piperazine rings is 1. The van der Waals surface area contributed by atoms with Gasteiger partial charge in [0.05, 0.1) is 6.54 Å². The number of hydrogen-bond acceptors (Lipinski definition) is 4. The second-order valence-corrected chi connectivity index (χ2v) is 5.18. The van der Waals surface area contributed by atoms with Gasteiger partial charge in [-0.25, -0.2) is 0 Å². The molecular formula is C17H17N3O3. The van der Waals surface area contributed by atoms with Gasteiger partial charge in [-0.3, -0.25) is 9.59 Å². The molecule has 23 heavy (non-hydrogen) atoms. The molecule has 3 N–H and O–H groups in total. The number of hydrogen-bond donors (Lipinski definition) is 3. The molecule has 2 aromatic carbocycles. The van der Waals surface area contributed by atoms with Gasteiger partial charge in [0.2, 0.25) is 11.8 Å². The molecule has 118 valence electrons. The van der Waals surface area contributed by atoms with Gasteiger partial charge in [0, 0.05) is 18.3 Å². The molecule has 1 fully saturated rings. The highest BCUT2D eigenvalue weighted by molar-refractivity contribution is 5.98. The lowest BCUT2D eigenvalue weighted by molar-refractivity contribution is -0.127. The first-order valence-corrected chi connectivity index (χ1v) is 7.34. The monoisotopic (exact) mass is 311 g/mol. The fourth-order valence-corrected chi connectivity index (χ4v) is 2.28. The smallest absolute Gasteiger partial charge is 0.248 e. The Bertz CT molecular complexity index is 703. The molecule has 1 saturated heterocycles. The van der Waals surface area contributed by atoms with Crippen LogP contribution in [0.15, 0.2) is 54.6 Å². The number of anilines is 1. The standard InChI is InChI=1S/C17H17N3O3/c21-16-11-18-10-15(20-16)17(22)19-12-5-4-8-14(9-12)23-13-6-2-1-3-7-13/h1-9,15,18H,10-11H2,(H,19,22)(H,20,21)/t15-/m0/s1. The molecule has 1 atom stereocenters. The van der Waals surface area contributed by atoms with Crippen LogP contribution >= 0.6 is 0 Å². The Balaban J connectivity index is 1.65. The SMILES string of the molecule is O=C1CNC[C@@H](C(=O)Nc2cccc(Oc3ccccc3)c2)N1. The zero-order valence-electron chi connectivity index (χ0n) is 12.4. The van der Waals surface area contributed by atoms with Crippen LogP contribution in [-0.4, -0.2) is 30.9 Å². The maximum atomic E-state index is 12.2. The number of amides is 2. The van der Waals surface area contributed by atoms with Gasteiger partial charge in [0.1, 0.15) is 17.5 Å². The Morgan fingerprint density at radius 1 is 1.09 bits per heavy atom. The zero-order chi connectivity index (χ0) is 16.1. The Morgan fingerprint density at radius 3 is 2.65 bits per heavy atom. The van der Waals surface area contributed by atoms with E-state index in [0.29, 0.717) is 18.0 Å². The molecule has 1 heterocycles. The lowest BCUT2D eigenvalue weighted by atomic mass is 10.2. The molecule has 1 aliphatic heterocycles.